The number of rotatable bonds is 3. The molecule has 0 fully saturated rings. The molecule has 0 atom stereocenters. The van der Waals surface area contributed by atoms with Crippen molar-refractivity contribution in [3.63, 3.8) is 0 Å². The van der Waals surface area contributed by atoms with Crippen LogP contribution in [0.1, 0.15) is 5.56 Å². The molecule has 22 heavy (non-hydrogen) atoms. The second-order valence-corrected chi connectivity index (χ2v) is 5.00. The van der Waals surface area contributed by atoms with E-state index in [0.29, 0.717) is 11.5 Å². The third-order valence-corrected chi connectivity index (χ3v) is 3.59. The minimum Gasteiger partial charge on any atom is -0.456 e. The predicted octanol–water partition coefficient (Wildman–Crippen LogP) is 4.27. The summed E-state index contributed by atoms with van der Waals surface area (Å²) in [6.45, 7) is 0.0183. The Bertz CT molecular complexity index is 942. The topological polar surface area (TPSA) is 55.5 Å². The number of aliphatic hydroxyl groups excluding tert-OH is 1. The van der Waals surface area contributed by atoms with Crippen molar-refractivity contribution in [3.8, 4) is 11.5 Å². The summed E-state index contributed by atoms with van der Waals surface area (Å²) in [5, 5.41) is 10.9. The van der Waals surface area contributed by atoms with Crippen LogP contribution in [0.3, 0.4) is 0 Å². The van der Waals surface area contributed by atoms with E-state index in [1.165, 1.54) is 0 Å². The molecule has 1 N–H and O–H groups in total. The van der Waals surface area contributed by atoms with Crippen molar-refractivity contribution in [2.45, 2.75) is 6.61 Å². The van der Waals surface area contributed by atoms with E-state index < -0.39 is 0 Å². The fourth-order valence-corrected chi connectivity index (χ4v) is 2.47. The quantitative estimate of drug-likeness (QED) is 0.612. The Hall–Kier alpha value is -2.85. The van der Waals surface area contributed by atoms with Crippen molar-refractivity contribution in [1.29, 1.82) is 0 Å². The van der Waals surface area contributed by atoms with Crippen LogP contribution < -0.4 is 4.74 Å². The number of aliphatic hydroxyl groups is 1. The van der Waals surface area contributed by atoms with Crippen LogP contribution in [-0.4, -0.2) is 10.1 Å². The SMILES string of the molecule is OCc1ccc(Oc2c3ccccc3nc3occc23)cc1. The van der Waals surface area contributed by atoms with Crippen LogP contribution in [0.2, 0.25) is 0 Å². The van der Waals surface area contributed by atoms with Gasteiger partial charge in [0.25, 0.3) is 0 Å². The van der Waals surface area contributed by atoms with Crippen molar-refractivity contribution >= 4 is 22.0 Å². The second-order valence-electron chi connectivity index (χ2n) is 5.00. The molecule has 2 aromatic heterocycles. The molecule has 4 rings (SSSR count). The van der Waals surface area contributed by atoms with Crippen LogP contribution in [0.5, 0.6) is 11.5 Å². The summed E-state index contributed by atoms with van der Waals surface area (Å²) in [6.07, 6.45) is 1.61. The highest BCUT2D eigenvalue weighted by atomic mass is 16.5. The van der Waals surface area contributed by atoms with E-state index in [2.05, 4.69) is 4.98 Å². The molecule has 4 heteroatoms. The number of fused-ring (bicyclic) bond motifs is 2. The minimum atomic E-state index is 0.0183. The average molecular weight is 291 g/mol. The lowest BCUT2D eigenvalue weighted by Crippen LogP contribution is -1.90. The van der Waals surface area contributed by atoms with Gasteiger partial charge in [0.15, 0.2) is 0 Å². The van der Waals surface area contributed by atoms with Crippen molar-refractivity contribution in [2.75, 3.05) is 0 Å². The second kappa shape index (κ2) is 5.16. The molecule has 2 heterocycles. The number of aromatic nitrogens is 1. The molecule has 108 valence electrons. The molecule has 4 nitrogen and oxygen atoms in total. The number of hydrogen-bond donors (Lipinski definition) is 1. The highest BCUT2D eigenvalue weighted by Crippen LogP contribution is 2.36. The van der Waals surface area contributed by atoms with Crippen molar-refractivity contribution in [3.05, 3.63) is 66.4 Å². The zero-order chi connectivity index (χ0) is 14.9. The van der Waals surface area contributed by atoms with Gasteiger partial charge in [0.2, 0.25) is 5.71 Å². The van der Waals surface area contributed by atoms with Gasteiger partial charge in [-0.05, 0) is 35.9 Å². The molecule has 0 radical (unpaired) electrons. The molecule has 2 aromatic carbocycles. The van der Waals surface area contributed by atoms with Crippen molar-refractivity contribution < 1.29 is 14.3 Å². The molecule has 0 saturated carbocycles. The van der Waals surface area contributed by atoms with E-state index in [-0.39, 0.29) is 6.61 Å². The first kappa shape index (κ1) is 12.9. The fraction of sp³-hybridized carbons (Fsp3) is 0.0556. The van der Waals surface area contributed by atoms with Gasteiger partial charge in [0.05, 0.1) is 23.8 Å². The summed E-state index contributed by atoms with van der Waals surface area (Å²) in [6, 6.07) is 17.0. The fourth-order valence-electron chi connectivity index (χ4n) is 2.47. The minimum absolute atomic E-state index is 0.0183. The number of ether oxygens (including phenoxy) is 1. The van der Waals surface area contributed by atoms with E-state index >= 15 is 0 Å². The molecular weight excluding hydrogens is 278 g/mol. The number of benzene rings is 2. The molecule has 0 amide bonds. The van der Waals surface area contributed by atoms with Crippen LogP contribution in [-0.2, 0) is 6.61 Å². The van der Waals surface area contributed by atoms with Gasteiger partial charge in [-0.25, -0.2) is 4.98 Å². The lowest BCUT2D eigenvalue weighted by Gasteiger charge is -2.10. The van der Waals surface area contributed by atoms with Crippen molar-refractivity contribution in [2.24, 2.45) is 0 Å². The molecule has 0 spiro atoms. The van der Waals surface area contributed by atoms with Gasteiger partial charge >= 0.3 is 0 Å². The highest BCUT2D eigenvalue weighted by molar-refractivity contribution is 5.99. The summed E-state index contributed by atoms with van der Waals surface area (Å²) in [5.74, 6) is 1.43. The van der Waals surface area contributed by atoms with Gasteiger partial charge in [-0.3, -0.25) is 0 Å². The van der Waals surface area contributed by atoms with Crippen LogP contribution in [0.15, 0.2) is 65.3 Å². The number of furan rings is 1. The normalized spacial score (nSPS) is 11.1. The summed E-state index contributed by atoms with van der Waals surface area (Å²) in [4.78, 5) is 4.49. The van der Waals surface area contributed by atoms with E-state index in [1.54, 1.807) is 6.26 Å². The van der Waals surface area contributed by atoms with Gasteiger partial charge in [0, 0.05) is 5.39 Å². The lowest BCUT2D eigenvalue weighted by molar-refractivity contribution is 0.281. The standard InChI is InChI=1S/C18H13NO3/c20-11-12-5-7-13(8-6-12)22-17-14-3-1-2-4-16(14)19-18-15(17)9-10-21-18/h1-10,20H,11H2. The Balaban J connectivity index is 1.88. The first-order chi connectivity index (χ1) is 10.8. The summed E-state index contributed by atoms with van der Waals surface area (Å²) in [5.41, 5.74) is 2.23. The first-order valence-electron chi connectivity index (χ1n) is 6.99. The van der Waals surface area contributed by atoms with E-state index in [9.17, 15) is 0 Å². The number of hydrogen-bond acceptors (Lipinski definition) is 4. The molecule has 0 bridgehead atoms. The monoisotopic (exact) mass is 291 g/mol. The maximum atomic E-state index is 9.11. The summed E-state index contributed by atoms with van der Waals surface area (Å²) < 4.78 is 11.5. The predicted molar refractivity (Wildman–Crippen MR) is 84.0 cm³/mol. The smallest absolute Gasteiger partial charge is 0.230 e. The lowest BCUT2D eigenvalue weighted by atomic mass is 10.1. The Morgan fingerprint density at radius 2 is 1.77 bits per heavy atom. The Kier molecular flexibility index (Phi) is 3.02. The van der Waals surface area contributed by atoms with Gasteiger partial charge in [0.1, 0.15) is 11.5 Å². The Morgan fingerprint density at radius 3 is 2.59 bits per heavy atom. The number of para-hydroxylation sites is 1. The zero-order valence-electron chi connectivity index (χ0n) is 11.7. The maximum absolute atomic E-state index is 9.11. The number of nitrogens with zero attached hydrogens (tertiary/aromatic N) is 1. The van der Waals surface area contributed by atoms with Gasteiger partial charge in [-0.1, -0.05) is 24.3 Å². The van der Waals surface area contributed by atoms with Gasteiger partial charge < -0.3 is 14.3 Å². The Morgan fingerprint density at radius 1 is 0.955 bits per heavy atom. The van der Waals surface area contributed by atoms with Crippen LogP contribution in [0.4, 0.5) is 0 Å². The van der Waals surface area contributed by atoms with E-state index in [4.69, 9.17) is 14.3 Å². The third kappa shape index (κ3) is 2.10. The average Bonchev–Trinajstić information content (AvgIpc) is 3.03. The molecule has 0 unspecified atom stereocenters. The zero-order valence-corrected chi connectivity index (χ0v) is 11.7. The van der Waals surface area contributed by atoms with E-state index in [1.807, 2.05) is 54.6 Å². The van der Waals surface area contributed by atoms with Gasteiger partial charge in [-0.15, -0.1) is 0 Å². The maximum Gasteiger partial charge on any atom is 0.230 e. The van der Waals surface area contributed by atoms with Gasteiger partial charge in [-0.2, -0.15) is 0 Å². The Labute approximate surface area is 126 Å². The van der Waals surface area contributed by atoms with Crippen LogP contribution in [0, 0.1) is 0 Å². The number of pyridine rings is 1. The molecular formula is C18H13NO3. The van der Waals surface area contributed by atoms with Crippen molar-refractivity contribution in [1.82, 2.24) is 4.98 Å². The molecule has 0 aliphatic heterocycles. The first-order valence-corrected chi connectivity index (χ1v) is 6.99. The highest BCUT2D eigenvalue weighted by Gasteiger charge is 2.13. The molecule has 0 aliphatic carbocycles. The molecule has 0 aliphatic rings. The molecule has 4 aromatic rings. The summed E-state index contributed by atoms with van der Waals surface area (Å²) >= 11 is 0. The third-order valence-electron chi connectivity index (χ3n) is 3.59. The largest absolute Gasteiger partial charge is 0.456 e. The van der Waals surface area contributed by atoms with E-state index in [0.717, 1.165) is 27.6 Å². The molecule has 0 saturated heterocycles. The van der Waals surface area contributed by atoms with Crippen LogP contribution in [0.25, 0.3) is 22.0 Å². The van der Waals surface area contributed by atoms with Crippen LogP contribution >= 0.6 is 0 Å². The summed E-state index contributed by atoms with van der Waals surface area (Å²) in [7, 11) is 0.